The van der Waals surface area contributed by atoms with E-state index in [1.54, 1.807) is 0 Å². The van der Waals surface area contributed by atoms with E-state index in [4.69, 9.17) is 10.2 Å². The molecule has 0 atom stereocenters. The molecule has 0 saturated heterocycles. The molecular weight excluding hydrogens is 186 g/mol. The molecule has 0 aliphatic rings. The molecule has 0 spiro atoms. The average molecular weight is 197 g/mol. The predicted octanol–water partition coefficient (Wildman–Crippen LogP) is 0.272. The molecule has 0 aromatic heterocycles. The number of aromatic hydroxyl groups is 2. The first kappa shape index (κ1) is 10.3. The molecule has 0 aliphatic carbocycles. The van der Waals surface area contributed by atoms with Gasteiger partial charge in [-0.25, -0.2) is 0 Å². The number of phenols is 2. The van der Waals surface area contributed by atoms with E-state index in [9.17, 15) is 9.90 Å². The lowest BCUT2D eigenvalue weighted by molar-refractivity contribution is -0.136. The van der Waals surface area contributed by atoms with Crippen molar-refractivity contribution >= 4 is 5.97 Å². The summed E-state index contributed by atoms with van der Waals surface area (Å²) in [6, 6.07) is 4.09. The van der Waals surface area contributed by atoms with E-state index in [0.717, 1.165) is 0 Å². The van der Waals surface area contributed by atoms with E-state index in [-0.39, 0.29) is 24.6 Å². The van der Waals surface area contributed by atoms with Gasteiger partial charge in [-0.2, -0.15) is 0 Å². The van der Waals surface area contributed by atoms with E-state index in [2.05, 4.69) is 5.32 Å². The van der Waals surface area contributed by atoms with E-state index in [1.165, 1.54) is 18.2 Å². The first-order valence-electron chi connectivity index (χ1n) is 4.03. The molecule has 0 fully saturated rings. The minimum atomic E-state index is -0.968. The summed E-state index contributed by atoms with van der Waals surface area (Å²) in [5.74, 6) is -0.903. The molecular formula is C9H11NO4. The Morgan fingerprint density at radius 2 is 2.07 bits per heavy atom. The molecule has 0 saturated carbocycles. The number of benzene rings is 1. The van der Waals surface area contributed by atoms with Gasteiger partial charge >= 0.3 is 5.97 Å². The largest absolute Gasteiger partial charge is 0.508 e. The molecule has 0 aliphatic heterocycles. The van der Waals surface area contributed by atoms with Crippen LogP contribution in [-0.4, -0.2) is 27.8 Å². The molecule has 0 radical (unpaired) electrons. The van der Waals surface area contributed by atoms with Crippen molar-refractivity contribution in [2.75, 3.05) is 6.54 Å². The predicted molar refractivity (Wildman–Crippen MR) is 49.1 cm³/mol. The van der Waals surface area contributed by atoms with Crippen LogP contribution in [0.4, 0.5) is 0 Å². The van der Waals surface area contributed by atoms with Crippen LogP contribution in [0.15, 0.2) is 18.2 Å². The third kappa shape index (κ3) is 2.95. The van der Waals surface area contributed by atoms with E-state index >= 15 is 0 Å². The van der Waals surface area contributed by atoms with Crippen molar-refractivity contribution < 1.29 is 20.1 Å². The van der Waals surface area contributed by atoms with E-state index in [1.807, 2.05) is 0 Å². The Kier molecular flexibility index (Phi) is 3.30. The van der Waals surface area contributed by atoms with Crippen LogP contribution in [0.3, 0.4) is 0 Å². The van der Waals surface area contributed by atoms with Gasteiger partial charge in [-0.15, -0.1) is 0 Å². The summed E-state index contributed by atoms with van der Waals surface area (Å²) in [6.07, 6.45) is 0. The SMILES string of the molecule is O=C(O)CNCc1cc(O)ccc1O. The molecule has 1 aromatic carbocycles. The molecule has 1 aromatic rings. The second kappa shape index (κ2) is 4.48. The van der Waals surface area contributed by atoms with E-state index < -0.39 is 5.97 Å². The second-order valence-corrected chi connectivity index (χ2v) is 2.81. The zero-order valence-electron chi connectivity index (χ0n) is 7.40. The summed E-state index contributed by atoms with van der Waals surface area (Å²) in [5.41, 5.74) is 0.464. The van der Waals surface area contributed by atoms with Gasteiger partial charge in [-0.3, -0.25) is 4.79 Å². The van der Waals surface area contributed by atoms with Gasteiger partial charge in [0.05, 0.1) is 6.54 Å². The molecule has 0 bridgehead atoms. The minimum Gasteiger partial charge on any atom is -0.508 e. The van der Waals surface area contributed by atoms with Crippen molar-refractivity contribution in [1.82, 2.24) is 5.32 Å². The van der Waals surface area contributed by atoms with Crippen LogP contribution in [0.5, 0.6) is 11.5 Å². The molecule has 4 N–H and O–H groups in total. The maximum atomic E-state index is 10.2. The second-order valence-electron chi connectivity index (χ2n) is 2.81. The highest BCUT2D eigenvalue weighted by Crippen LogP contribution is 2.21. The van der Waals surface area contributed by atoms with Crippen molar-refractivity contribution in [2.24, 2.45) is 0 Å². The zero-order chi connectivity index (χ0) is 10.6. The highest BCUT2D eigenvalue weighted by molar-refractivity contribution is 5.69. The lowest BCUT2D eigenvalue weighted by atomic mass is 10.2. The van der Waals surface area contributed by atoms with Crippen molar-refractivity contribution in [3.05, 3.63) is 23.8 Å². The molecule has 0 amide bonds. The minimum absolute atomic E-state index is 0.0284. The van der Waals surface area contributed by atoms with Gasteiger partial charge < -0.3 is 20.6 Å². The van der Waals surface area contributed by atoms with Crippen molar-refractivity contribution in [3.8, 4) is 11.5 Å². The first-order valence-corrected chi connectivity index (χ1v) is 4.03. The number of rotatable bonds is 4. The molecule has 14 heavy (non-hydrogen) atoms. The number of nitrogens with one attached hydrogen (secondary N) is 1. The summed E-state index contributed by atoms with van der Waals surface area (Å²) in [6.45, 7) is 0.0155. The Morgan fingerprint density at radius 3 is 2.71 bits per heavy atom. The number of carboxylic acids is 1. The number of carbonyl (C=O) groups is 1. The highest BCUT2D eigenvalue weighted by atomic mass is 16.4. The van der Waals surface area contributed by atoms with Crippen molar-refractivity contribution in [1.29, 1.82) is 0 Å². The zero-order valence-corrected chi connectivity index (χ0v) is 7.40. The van der Waals surface area contributed by atoms with Crippen molar-refractivity contribution in [3.63, 3.8) is 0 Å². The first-order chi connectivity index (χ1) is 6.59. The summed E-state index contributed by atoms with van der Waals surface area (Å²) < 4.78 is 0. The van der Waals surface area contributed by atoms with Crippen LogP contribution >= 0.6 is 0 Å². The third-order valence-electron chi connectivity index (χ3n) is 1.65. The Bertz CT molecular complexity index is 338. The normalized spacial score (nSPS) is 10.0. The Balaban J connectivity index is 2.57. The van der Waals surface area contributed by atoms with E-state index in [0.29, 0.717) is 5.56 Å². The maximum absolute atomic E-state index is 10.2. The fourth-order valence-corrected chi connectivity index (χ4v) is 1.02. The number of hydrogen-bond donors (Lipinski definition) is 4. The van der Waals surface area contributed by atoms with Crippen LogP contribution < -0.4 is 5.32 Å². The number of hydrogen-bond acceptors (Lipinski definition) is 4. The Labute approximate surface area is 80.6 Å². The number of carboxylic acid groups (broad SMARTS) is 1. The Hall–Kier alpha value is -1.75. The molecule has 5 heteroatoms. The van der Waals surface area contributed by atoms with Crippen LogP contribution in [0, 0.1) is 0 Å². The third-order valence-corrected chi connectivity index (χ3v) is 1.65. The smallest absolute Gasteiger partial charge is 0.317 e. The lowest BCUT2D eigenvalue weighted by Crippen LogP contribution is -2.21. The van der Waals surface area contributed by atoms with Crippen molar-refractivity contribution in [2.45, 2.75) is 6.54 Å². The van der Waals surface area contributed by atoms with Gasteiger partial charge in [0, 0.05) is 12.1 Å². The topological polar surface area (TPSA) is 89.8 Å². The Morgan fingerprint density at radius 1 is 1.36 bits per heavy atom. The van der Waals surface area contributed by atoms with Gasteiger partial charge in [0.15, 0.2) is 0 Å². The number of phenolic OH excluding ortho intramolecular Hbond substituents is 2. The summed E-state index contributed by atoms with van der Waals surface area (Å²) in [7, 11) is 0. The fourth-order valence-electron chi connectivity index (χ4n) is 1.02. The van der Waals surface area contributed by atoms with Gasteiger partial charge in [-0.05, 0) is 18.2 Å². The molecule has 0 unspecified atom stereocenters. The van der Waals surface area contributed by atoms with Crippen LogP contribution in [0.25, 0.3) is 0 Å². The molecule has 0 heterocycles. The maximum Gasteiger partial charge on any atom is 0.317 e. The standard InChI is InChI=1S/C9H11NO4/c11-7-1-2-8(12)6(3-7)4-10-5-9(13)14/h1-3,10-12H,4-5H2,(H,13,14). The van der Waals surface area contributed by atoms with Gasteiger partial charge in [0.25, 0.3) is 0 Å². The summed E-state index contributed by atoms with van der Waals surface area (Å²) >= 11 is 0. The number of aliphatic carboxylic acids is 1. The molecule has 5 nitrogen and oxygen atoms in total. The van der Waals surface area contributed by atoms with Gasteiger partial charge in [0.2, 0.25) is 0 Å². The highest BCUT2D eigenvalue weighted by Gasteiger charge is 2.02. The van der Waals surface area contributed by atoms with Crippen LogP contribution in [-0.2, 0) is 11.3 Å². The molecule has 1 rings (SSSR count). The van der Waals surface area contributed by atoms with Crippen LogP contribution in [0.1, 0.15) is 5.56 Å². The average Bonchev–Trinajstić information content (AvgIpc) is 2.10. The van der Waals surface area contributed by atoms with Crippen LogP contribution in [0.2, 0.25) is 0 Å². The molecule has 76 valence electrons. The quantitative estimate of drug-likeness (QED) is 0.520. The van der Waals surface area contributed by atoms with Gasteiger partial charge in [0.1, 0.15) is 11.5 Å². The monoisotopic (exact) mass is 197 g/mol. The summed E-state index contributed by atoms with van der Waals surface area (Å²) in [5, 5.41) is 29.3. The fraction of sp³-hybridized carbons (Fsp3) is 0.222. The summed E-state index contributed by atoms with van der Waals surface area (Å²) in [4.78, 5) is 10.2. The van der Waals surface area contributed by atoms with Gasteiger partial charge in [-0.1, -0.05) is 0 Å². The lowest BCUT2D eigenvalue weighted by Gasteiger charge is -2.05.